The normalized spacial score (nSPS) is 14.6. The maximum atomic E-state index is 12.8. The van der Waals surface area contributed by atoms with E-state index in [-0.39, 0.29) is 22.6 Å². The summed E-state index contributed by atoms with van der Waals surface area (Å²) in [5.41, 5.74) is 1.19. The smallest absolute Gasteiger partial charge is 0.273 e. The molecule has 1 aliphatic carbocycles. The Kier molecular flexibility index (Phi) is 4.67. The van der Waals surface area contributed by atoms with Crippen LogP contribution in [0.15, 0.2) is 46.1 Å². The Labute approximate surface area is 145 Å². The van der Waals surface area contributed by atoms with Crippen LogP contribution in [0.25, 0.3) is 0 Å². The second-order valence-corrected chi connectivity index (χ2v) is 7.91. The molecule has 6 nitrogen and oxygen atoms in total. The average molecular weight is 369 g/mol. The summed E-state index contributed by atoms with van der Waals surface area (Å²) < 4.78 is 30.7. The lowest BCUT2D eigenvalue weighted by molar-refractivity contribution is 0.0729. The summed E-state index contributed by atoms with van der Waals surface area (Å²) in [6, 6.07) is 8.73. The topological polar surface area (TPSA) is 79.6 Å². The van der Waals surface area contributed by atoms with Crippen LogP contribution >= 0.6 is 11.6 Å². The van der Waals surface area contributed by atoms with Crippen LogP contribution in [0.4, 0.5) is 0 Å². The van der Waals surface area contributed by atoms with Crippen molar-refractivity contribution < 1.29 is 17.6 Å². The number of nitrogens with one attached hydrogen (secondary N) is 1. The van der Waals surface area contributed by atoms with Gasteiger partial charge in [-0.3, -0.25) is 4.79 Å². The van der Waals surface area contributed by atoms with Crippen LogP contribution < -0.4 is 4.72 Å². The average Bonchev–Trinajstić information content (AvgIpc) is 3.28. The molecule has 1 N–H and O–H groups in total. The Morgan fingerprint density at radius 2 is 2.00 bits per heavy atom. The van der Waals surface area contributed by atoms with Gasteiger partial charge in [-0.05, 0) is 37.6 Å². The van der Waals surface area contributed by atoms with Gasteiger partial charge >= 0.3 is 0 Å². The summed E-state index contributed by atoms with van der Waals surface area (Å²) in [6.45, 7) is 0.444. The highest BCUT2D eigenvalue weighted by atomic mass is 35.5. The maximum Gasteiger partial charge on any atom is 0.273 e. The number of amides is 1. The van der Waals surface area contributed by atoms with Crippen molar-refractivity contribution in [3.8, 4) is 0 Å². The number of halogens is 1. The lowest BCUT2D eigenvalue weighted by Gasteiger charge is -2.22. The predicted molar refractivity (Wildman–Crippen MR) is 89.3 cm³/mol. The van der Waals surface area contributed by atoms with Crippen molar-refractivity contribution >= 4 is 27.5 Å². The summed E-state index contributed by atoms with van der Waals surface area (Å²) in [7, 11) is -2.42. The number of hydrogen-bond acceptors (Lipinski definition) is 4. The van der Waals surface area contributed by atoms with Gasteiger partial charge in [-0.15, -0.1) is 0 Å². The molecule has 1 amide bonds. The molecule has 0 radical (unpaired) electrons. The molecule has 1 fully saturated rings. The number of rotatable bonds is 6. The zero-order valence-corrected chi connectivity index (χ0v) is 14.6. The Balaban J connectivity index is 1.81. The van der Waals surface area contributed by atoms with E-state index in [9.17, 15) is 13.2 Å². The molecule has 0 atom stereocenters. The molecule has 0 saturated heterocycles. The zero-order chi connectivity index (χ0) is 17.3. The van der Waals surface area contributed by atoms with E-state index in [0.717, 1.165) is 18.4 Å². The molecule has 24 heavy (non-hydrogen) atoms. The summed E-state index contributed by atoms with van der Waals surface area (Å²) in [5, 5.41) is 0.371. The van der Waals surface area contributed by atoms with Crippen LogP contribution in [0, 0.1) is 0 Å². The van der Waals surface area contributed by atoms with E-state index in [1.165, 1.54) is 19.4 Å². The molecule has 3 rings (SSSR count). The largest absolute Gasteiger partial charge is 0.451 e. The minimum absolute atomic E-state index is 0.174. The quantitative estimate of drug-likeness (QED) is 0.850. The van der Waals surface area contributed by atoms with Crippen LogP contribution in [0.1, 0.15) is 28.8 Å². The molecule has 0 spiro atoms. The highest BCUT2D eigenvalue weighted by Crippen LogP contribution is 2.30. The molecule has 1 aliphatic rings. The fraction of sp³-hybridized carbons (Fsp3) is 0.312. The fourth-order valence-corrected chi connectivity index (χ4v) is 3.16. The van der Waals surface area contributed by atoms with E-state index >= 15 is 0 Å². The van der Waals surface area contributed by atoms with E-state index in [1.54, 1.807) is 17.0 Å². The van der Waals surface area contributed by atoms with Gasteiger partial charge in [0, 0.05) is 23.7 Å². The van der Waals surface area contributed by atoms with Crippen LogP contribution in [0.5, 0.6) is 0 Å². The molecule has 1 heterocycles. The Bertz CT molecular complexity index is 841. The van der Waals surface area contributed by atoms with E-state index < -0.39 is 10.0 Å². The lowest BCUT2D eigenvalue weighted by atomic mass is 10.2. The first-order valence-corrected chi connectivity index (χ1v) is 9.34. The second-order valence-electron chi connectivity index (χ2n) is 5.65. The Hall–Kier alpha value is -1.83. The molecule has 0 unspecified atom stereocenters. The minimum Gasteiger partial charge on any atom is -0.451 e. The molecule has 2 aromatic rings. The number of sulfonamides is 1. The summed E-state index contributed by atoms with van der Waals surface area (Å²) in [4.78, 5) is 14.5. The van der Waals surface area contributed by atoms with Crippen molar-refractivity contribution in [2.75, 3.05) is 7.05 Å². The first-order valence-electron chi connectivity index (χ1n) is 7.48. The number of hydrogen-bond donors (Lipinski definition) is 1. The predicted octanol–water partition coefficient (Wildman–Crippen LogP) is 2.65. The van der Waals surface area contributed by atoms with Crippen molar-refractivity contribution in [1.29, 1.82) is 0 Å². The number of furan rings is 1. The number of nitrogens with zero attached hydrogens (tertiary/aromatic N) is 1. The van der Waals surface area contributed by atoms with Crippen LogP contribution in [0.3, 0.4) is 0 Å². The number of carbonyl (C=O) groups is 1. The maximum absolute atomic E-state index is 12.8. The van der Waals surface area contributed by atoms with Gasteiger partial charge in [0.1, 0.15) is 6.26 Å². The Morgan fingerprint density at radius 3 is 2.58 bits per heavy atom. The standard InChI is InChI=1S/C16H17ClN2O4S/c1-18-24(21,22)15-8-12(10-23-15)16(20)19(14-6-7-14)9-11-2-4-13(17)5-3-11/h2-5,8,10,14,18H,6-7,9H2,1H3. The van der Waals surface area contributed by atoms with E-state index in [1.807, 2.05) is 12.1 Å². The van der Waals surface area contributed by atoms with Crippen molar-refractivity contribution in [3.63, 3.8) is 0 Å². The van der Waals surface area contributed by atoms with E-state index in [4.69, 9.17) is 16.0 Å². The summed E-state index contributed by atoms with van der Waals surface area (Å²) >= 11 is 5.88. The van der Waals surface area contributed by atoms with Gasteiger partial charge in [0.15, 0.2) is 0 Å². The number of benzene rings is 1. The minimum atomic E-state index is -3.71. The second kappa shape index (κ2) is 6.58. The molecule has 0 bridgehead atoms. The number of carbonyl (C=O) groups excluding carboxylic acids is 1. The van der Waals surface area contributed by atoms with Gasteiger partial charge in [0.25, 0.3) is 15.9 Å². The molecule has 8 heteroatoms. The Morgan fingerprint density at radius 1 is 1.33 bits per heavy atom. The van der Waals surface area contributed by atoms with Gasteiger partial charge in [0.2, 0.25) is 5.09 Å². The highest BCUT2D eigenvalue weighted by Gasteiger charge is 2.34. The van der Waals surface area contributed by atoms with Crippen molar-refractivity contribution in [3.05, 3.63) is 52.7 Å². The monoisotopic (exact) mass is 368 g/mol. The fourth-order valence-electron chi connectivity index (χ4n) is 2.38. The van der Waals surface area contributed by atoms with Gasteiger partial charge in [-0.2, -0.15) is 0 Å². The zero-order valence-electron chi connectivity index (χ0n) is 13.0. The van der Waals surface area contributed by atoms with E-state index in [0.29, 0.717) is 11.6 Å². The summed E-state index contributed by atoms with van der Waals surface area (Å²) in [5.74, 6) is -0.242. The molecular weight excluding hydrogens is 352 g/mol. The third-order valence-corrected chi connectivity index (χ3v) is 5.40. The third-order valence-electron chi connectivity index (χ3n) is 3.87. The van der Waals surface area contributed by atoms with Crippen LogP contribution in [-0.4, -0.2) is 32.3 Å². The van der Waals surface area contributed by atoms with Crippen LogP contribution in [0.2, 0.25) is 5.02 Å². The van der Waals surface area contributed by atoms with Gasteiger partial charge < -0.3 is 9.32 Å². The molecule has 1 saturated carbocycles. The van der Waals surface area contributed by atoms with Gasteiger partial charge in [-0.25, -0.2) is 13.1 Å². The van der Waals surface area contributed by atoms with Gasteiger partial charge in [-0.1, -0.05) is 23.7 Å². The molecule has 0 aliphatic heterocycles. The first-order chi connectivity index (χ1) is 11.4. The first kappa shape index (κ1) is 17.0. The molecule has 1 aromatic carbocycles. The van der Waals surface area contributed by atoms with Gasteiger partial charge in [0.05, 0.1) is 5.56 Å². The lowest BCUT2D eigenvalue weighted by Crippen LogP contribution is -2.32. The third kappa shape index (κ3) is 3.63. The van der Waals surface area contributed by atoms with Crippen molar-refractivity contribution in [2.45, 2.75) is 30.5 Å². The van der Waals surface area contributed by atoms with Crippen LogP contribution in [-0.2, 0) is 16.6 Å². The highest BCUT2D eigenvalue weighted by molar-refractivity contribution is 7.89. The summed E-state index contributed by atoms with van der Waals surface area (Å²) in [6.07, 6.45) is 3.07. The molecule has 128 valence electrons. The molecule has 1 aromatic heterocycles. The van der Waals surface area contributed by atoms with Crippen molar-refractivity contribution in [1.82, 2.24) is 9.62 Å². The van der Waals surface area contributed by atoms with E-state index in [2.05, 4.69) is 4.72 Å². The molecular formula is C16H17ClN2O4S. The SMILES string of the molecule is CNS(=O)(=O)c1cc(C(=O)N(Cc2ccc(Cl)cc2)C2CC2)co1. The van der Waals surface area contributed by atoms with Crippen molar-refractivity contribution in [2.24, 2.45) is 0 Å².